The molecule has 1 heterocycles. The molecule has 2 unspecified atom stereocenters. The van der Waals surface area contributed by atoms with Crippen LogP contribution in [0.2, 0.25) is 0 Å². The molecule has 0 bridgehead atoms. The number of hydrogen-bond donors (Lipinski definition) is 2. The Hall–Kier alpha value is -0.900. The van der Waals surface area contributed by atoms with Crippen LogP contribution in [0, 0.1) is 0 Å². The van der Waals surface area contributed by atoms with Gasteiger partial charge in [-0.25, -0.2) is 0 Å². The van der Waals surface area contributed by atoms with Crippen LogP contribution in [-0.4, -0.2) is 42.2 Å². The van der Waals surface area contributed by atoms with Crippen LogP contribution in [0.4, 0.5) is 0 Å². The second-order valence-electron chi connectivity index (χ2n) is 6.21. The summed E-state index contributed by atoms with van der Waals surface area (Å²) in [7, 11) is 0. The second kappa shape index (κ2) is 6.25. The van der Waals surface area contributed by atoms with Crippen molar-refractivity contribution in [1.29, 1.82) is 0 Å². The summed E-state index contributed by atoms with van der Waals surface area (Å²) in [5.41, 5.74) is 4.04. The SMILES string of the molecule is CC(C(O)c1ccc2c(c1)CCCC2)N1CCNCC1. The molecule has 3 nitrogen and oxygen atoms in total. The van der Waals surface area contributed by atoms with Gasteiger partial charge >= 0.3 is 0 Å². The Morgan fingerprint density at radius 2 is 1.80 bits per heavy atom. The molecule has 0 saturated carbocycles. The van der Waals surface area contributed by atoms with Crippen LogP contribution in [0.3, 0.4) is 0 Å². The number of nitrogens with one attached hydrogen (secondary N) is 1. The first kappa shape index (κ1) is 14.1. The minimum absolute atomic E-state index is 0.193. The molecule has 1 aliphatic heterocycles. The van der Waals surface area contributed by atoms with E-state index in [1.165, 1.54) is 36.8 Å². The molecule has 1 aliphatic carbocycles. The van der Waals surface area contributed by atoms with Crippen LogP contribution in [-0.2, 0) is 12.8 Å². The van der Waals surface area contributed by atoms with Crippen LogP contribution in [0.5, 0.6) is 0 Å². The third-order valence-corrected chi connectivity index (χ3v) is 4.90. The molecule has 1 saturated heterocycles. The zero-order valence-electron chi connectivity index (χ0n) is 12.4. The van der Waals surface area contributed by atoms with E-state index in [-0.39, 0.29) is 12.1 Å². The highest BCUT2D eigenvalue weighted by Crippen LogP contribution is 2.27. The van der Waals surface area contributed by atoms with E-state index in [1.54, 1.807) is 0 Å². The van der Waals surface area contributed by atoms with E-state index < -0.39 is 0 Å². The van der Waals surface area contributed by atoms with Crippen molar-refractivity contribution in [3.63, 3.8) is 0 Å². The first-order valence-electron chi connectivity index (χ1n) is 8.00. The fraction of sp³-hybridized carbons (Fsp3) is 0.647. The molecule has 0 amide bonds. The number of aliphatic hydroxyl groups excluding tert-OH is 1. The van der Waals surface area contributed by atoms with E-state index in [0.29, 0.717) is 0 Å². The Kier molecular flexibility index (Phi) is 4.39. The Morgan fingerprint density at radius 1 is 1.10 bits per heavy atom. The molecule has 20 heavy (non-hydrogen) atoms. The zero-order chi connectivity index (χ0) is 13.9. The highest BCUT2D eigenvalue weighted by atomic mass is 16.3. The summed E-state index contributed by atoms with van der Waals surface area (Å²) in [6.07, 6.45) is 4.61. The van der Waals surface area contributed by atoms with Crippen molar-refractivity contribution in [2.75, 3.05) is 26.2 Å². The predicted octanol–water partition coefficient (Wildman–Crippen LogP) is 1.89. The van der Waals surface area contributed by atoms with E-state index in [9.17, 15) is 5.11 Å². The van der Waals surface area contributed by atoms with E-state index in [2.05, 4.69) is 35.3 Å². The Labute approximate surface area is 122 Å². The number of piperazine rings is 1. The molecule has 1 fully saturated rings. The average Bonchev–Trinajstić information content (AvgIpc) is 2.54. The van der Waals surface area contributed by atoms with Crippen LogP contribution < -0.4 is 5.32 Å². The molecular formula is C17H26N2O. The quantitative estimate of drug-likeness (QED) is 0.883. The molecule has 0 spiro atoms. The highest BCUT2D eigenvalue weighted by molar-refractivity contribution is 5.35. The van der Waals surface area contributed by atoms with E-state index in [4.69, 9.17) is 0 Å². The molecule has 2 N–H and O–H groups in total. The largest absolute Gasteiger partial charge is 0.387 e. The van der Waals surface area contributed by atoms with Gasteiger partial charge in [0.2, 0.25) is 0 Å². The van der Waals surface area contributed by atoms with Crippen molar-refractivity contribution < 1.29 is 5.11 Å². The Bertz CT molecular complexity index is 454. The standard InChI is InChI=1S/C17H26N2O/c1-13(19-10-8-18-9-11-19)17(20)16-7-6-14-4-2-3-5-15(14)12-16/h6-7,12-13,17-18,20H,2-5,8-11H2,1H3. The van der Waals surface area contributed by atoms with E-state index in [1.807, 2.05) is 0 Å². The van der Waals surface area contributed by atoms with Gasteiger partial charge in [-0.1, -0.05) is 18.2 Å². The summed E-state index contributed by atoms with van der Waals surface area (Å²) in [6, 6.07) is 6.81. The average molecular weight is 274 g/mol. The van der Waals surface area contributed by atoms with Gasteiger partial charge in [-0.2, -0.15) is 0 Å². The molecule has 0 radical (unpaired) electrons. The van der Waals surface area contributed by atoms with Gasteiger partial charge in [-0.05, 0) is 49.3 Å². The van der Waals surface area contributed by atoms with Crippen molar-refractivity contribution in [1.82, 2.24) is 10.2 Å². The van der Waals surface area contributed by atoms with Crippen LogP contribution >= 0.6 is 0 Å². The third kappa shape index (κ3) is 2.90. The first-order valence-corrected chi connectivity index (χ1v) is 8.00. The van der Waals surface area contributed by atoms with E-state index in [0.717, 1.165) is 31.7 Å². The fourth-order valence-corrected chi connectivity index (χ4v) is 3.50. The molecular weight excluding hydrogens is 248 g/mol. The summed E-state index contributed by atoms with van der Waals surface area (Å²) >= 11 is 0. The number of nitrogens with zero attached hydrogens (tertiary/aromatic N) is 1. The lowest BCUT2D eigenvalue weighted by Crippen LogP contribution is -2.49. The Balaban J connectivity index is 1.74. The minimum Gasteiger partial charge on any atom is -0.387 e. The number of benzene rings is 1. The van der Waals surface area contributed by atoms with Crippen molar-refractivity contribution in [3.8, 4) is 0 Å². The lowest BCUT2D eigenvalue weighted by molar-refractivity contribution is 0.0509. The first-order chi connectivity index (χ1) is 9.75. The molecule has 2 atom stereocenters. The van der Waals surface area contributed by atoms with Gasteiger partial charge in [0.25, 0.3) is 0 Å². The monoisotopic (exact) mass is 274 g/mol. The lowest BCUT2D eigenvalue weighted by Gasteiger charge is -2.35. The molecule has 1 aromatic rings. The number of rotatable bonds is 3. The van der Waals surface area contributed by atoms with Gasteiger partial charge in [-0.3, -0.25) is 4.90 Å². The molecule has 2 aliphatic rings. The summed E-state index contributed by atoms with van der Waals surface area (Å²) < 4.78 is 0. The maximum Gasteiger partial charge on any atom is 0.0942 e. The van der Waals surface area contributed by atoms with E-state index >= 15 is 0 Å². The maximum atomic E-state index is 10.7. The summed E-state index contributed by atoms with van der Waals surface area (Å²) in [6.45, 7) is 6.27. The van der Waals surface area contributed by atoms with Crippen LogP contribution in [0.25, 0.3) is 0 Å². The van der Waals surface area contributed by atoms with Gasteiger partial charge in [0.15, 0.2) is 0 Å². The third-order valence-electron chi connectivity index (χ3n) is 4.90. The molecule has 3 rings (SSSR count). The molecule has 110 valence electrons. The topological polar surface area (TPSA) is 35.5 Å². The molecule has 1 aromatic carbocycles. The van der Waals surface area contributed by atoms with Gasteiger partial charge < -0.3 is 10.4 Å². The van der Waals surface area contributed by atoms with Gasteiger partial charge in [0.1, 0.15) is 0 Å². The van der Waals surface area contributed by atoms with Crippen LogP contribution in [0.1, 0.15) is 42.6 Å². The summed E-state index contributed by atoms with van der Waals surface area (Å²) in [5.74, 6) is 0. The fourth-order valence-electron chi connectivity index (χ4n) is 3.50. The van der Waals surface area contributed by atoms with Crippen LogP contribution in [0.15, 0.2) is 18.2 Å². The normalized spacial score (nSPS) is 23.1. The molecule has 3 heteroatoms. The van der Waals surface area contributed by atoms with Crippen molar-refractivity contribution in [2.24, 2.45) is 0 Å². The van der Waals surface area contributed by atoms with Gasteiger partial charge in [0, 0.05) is 32.2 Å². The number of aryl methyl sites for hydroxylation is 2. The van der Waals surface area contributed by atoms with Crippen molar-refractivity contribution in [3.05, 3.63) is 34.9 Å². The van der Waals surface area contributed by atoms with Crippen molar-refractivity contribution >= 4 is 0 Å². The zero-order valence-corrected chi connectivity index (χ0v) is 12.4. The lowest BCUT2D eigenvalue weighted by atomic mass is 9.88. The summed E-state index contributed by atoms with van der Waals surface area (Å²) in [5, 5.41) is 14.0. The maximum absolute atomic E-state index is 10.7. The minimum atomic E-state index is -0.375. The van der Waals surface area contributed by atoms with Gasteiger partial charge in [-0.15, -0.1) is 0 Å². The number of fused-ring (bicyclic) bond motifs is 1. The second-order valence-corrected chi connectivity index (χ2v) is 6.21. The smallest absolute Gasteiger partial charge is 0.0942 e. The highest BCUT2D eigenvalue weighted by Gasteiger charge is 2.25. The number of aliphatic hydroxyl groups is 1. The predicted molar refractivity (Wildman–Crippen MR) is 81.9 cm³/mol. The summed E-state index contributed by atoms with van der Waals surface area (Å²) in [4.78, 5) is 2.39. The molecule has 0 aromatic heterocycles. The Morgan fingerprint density at radius 3 is 2.55 bits per heavy atom. The number of hydrogen-bond acceptors (Lipinski definition) is 3. The van der Waals surface area contributed by atoms with Gasteiger partial charge in [0.05, 0.1) is 6.10 Å². The van der Waals surface area contributed by atoms with Crippen molar-refractivity contribution in [2.45, 2.75) is 44.8 Å².